The van der Waals surface area contributed by atoms with Gasteiger partial charge in [0.15, 0.2) is 5.78 Å². The number of nitrogens with zero attached hydrogens (tertiary/aromatic N) is 2. The van der Waals surface area contributed by atoms with E-state index in [-0.39, 0.29) is 5.78 Å². The minimum atomic E-state index is -0.434. The van der Waals surface area contributed by atoms with Gasteiger partial charge in [-0.1, -0.05) is 78.9 Å². The van der Waals surface area contributed by atoms with Gasteiger partial charge in [-0.3, -0.25) is 9.20 Å². The number of hydrogen-bond acceptors (Lipinski definition) is 4. The standard InChI is InChI=1S/C33H29BN2O3/c1-32(2)33(3,4)39-34(38-32)23-19-17-22(18-20-23)29-28(21-11-6-5-7-12-21)24-13-10-16-27(37)30(24)36-26-15-9-8-14-25(26)35-31(29)36/h5-15,17-20H,16H2,1-4H3. The Hall–Kier alpha value is -4.00. The maximum Gasteiger partial charge on any atom is 0.494 e. The van der Waals surface area contributed by atoms with E-state index in [1.54, 1.807) is 0 Å². The molecule has 0 N–H and O–H groups in total. The average molecular weight is 512 g/mol. The summed E-state index contributed by atoms with van der Waals surface area (Å²) >= 11 is 0. The molecule has 5 nitrogen and oxygen atoms in total. The SMILES string of the molecule is CC1(C)OB(c2ccc(-c3c(-c4ccccc4)c4c(n5c3nc3ccccc35)C(=O)CC=C4)cc2)OC1(C)C. The molecule has 0 saturated carbocycles. The Morgan fingerprint density at radius 3 is 2.15 bits per heavy atom. The van der Waals surface area contributed by atoms with Crippen LogP contribution in [-0.4, -0.2) is 33.5 Å². The largest absolute Gasteiger partial charge is 0.494 e. The van der Waals surface area contributed by atoms with E-state index >= 15 is 0 Å². The van der Waals surface area contributed by atoms with E-state index in [0.717, 1.165) is 50.0 Å². The Balaban J connectivity index is 1.50. The Morgan fingerprint density at radius 1 is 0.795 bits per heavy atom. The van der Waals surface area contributed by atoms with Crippen LogP contribution in [0.25, 0.3) is 45.0 Å². The lowest BCUT2D eigenvalue weighted by Gasteiger charge is -2.32. The van der Waals surface area contributed by atoms with Crippen molar-refractivity contribution in [2.45, 2.75) is 45.3 Å². The van der Waals surface area contributed by atoms with Gasteiger partial charge in [0.05, 0.1) is 27.9 Å². The highest BCUT2D eigenvalue weighted by Gasteiger charge is 2.51. The lowest BCUT2D eigenvalue weighted by molar-refractivity contribution is 0.00578. The topological polar surface area (TPSA) is 52.8 Å². The number of para-hydroxylation sites is 2. The molecule has 1 aliphatic heterocycles. The number of allylic oxidation sites excluding steroid dienone is 1. The van der Waals surface area contributed by atoms with Crippen molar-refractivity contribution in [1.29, 1.82) is 0 Å². The number of imidazole rings is 1. The van der Waals surface area contributed by atoms with E-state index in [9.17, 15) is 4.79 Å². The Kier molecular flexibility index (Phi) is 5.25. The molecule has 7 rings (SSSR count). The number of carbonyl (C=O) groups is 1. The molecule has 1 aliphatic carbocycles. The molecule has 192 valence electrons. The quantitative estimate of drug-likeness (QED) is 0.252. The van der Waals surface area contributed by atoms with E-state index in [1.807, 2.05) is 48.5 Å². The number of aromatic nitrogens is 2. The van der Waals surface area contributed by atoms with Crippen LogP contribution in [0.15, 0.2) is 84.9 Å². The fourth-order valence-corrected chi connectivity index (χ4v) is 5.69. The monoisotopic (exact) mass is 512 g/mol. The molecule has 1 saturated heterocycles. The molecule has 6 heteroatoms. The van der Waals surface area contributed by atoms with Crippen LogP contribution in [0.5, 0.6) is 0 Å². The molecule has 0 radical (unpaired) electrons. The van der Waals surface area contributed by atoms with Gasteiger partial charge in [0.2, 0.25) is 0 Å². The molecule has 39 heavy (non-hydrogen) atoms. The second-order valence-electron chi connectivity index (χ2n) is 11.4. The van der Waals surface area contributed by atoms with Crippen molar-refractivity contribution in [2.75, 3.05) is 0 Å². The zero-order valence-corrected chi connectivity index (χ0v) is 22.6. The number of Topliss-reactive ketones (excluding diaryl/α,β-unsaturated/α-hetero) is 1. The molecule has 2 aromatic heterocycles. The van der Waals surface area contributed by atoms with Gasteiger partial charge in [-0.25, -0.2) is 4.98 Å². The summed E-state index contributed by atoms with van der Waals surface area (Å²) in [5.41, 5.74) is 8.43. The van der Waals surface area contributed by atoms with Crippen LogP contribution in [0.3, 0.4) is 0 Å². The molecule has 0 spiro atoms. The van der Waals surface area contributed by atoms with Crippen LogP contribution in [0, 0.1) is 0 Å². The fourth-order valence-electron chi connectivity index (χ4n) is 5.69. The fraction of sp³-hybridized carbons (Fsp3) is 0.212. The van der Waals surface area contributed by atoms with Gasteiger partial charge in [-0.15, -0.1) is 0 Å². The Morgan fingerprint density at radius 2 is 1.44 bits per heavy atom. The minimum Gasteiger partial charge on any atom is -0.399 e. The average Bonchev–Trinajstić information content (AvgIpc) is 3.41. The second-order valence-corrected chi connectivity index (χ2v) is 11.4. The molecule has 0 bridgehead atoms. The number of pyridine rings is 1. The van der Waals surface area contributed by atoms with Gasteiger partial charge < -0.3 is 9.31 Å². The Labute approximate surface area is 228 Å². The number of benzene rings is 3. The number of rotatable bonds is 3. The summed E-state index contributed by atoms with van der Waals surface area (Å²) in [5.74, 6) is 0.0977. The number of ketones is 1. The highest BCUT2D eigenvalue weighted by Crippen LogP contribution is 2.43. The van der Waals surface area contributed by atoms with Crippen LogP contribution in [0.1, 0.15) is 50.2 Å². The van der Waals surface area contributed by atoms with Crippen molar-refractivity contribution in [2.24, 2.45) is 0 Å². The smallest absolute Gasteiger partial charge is 0.399 e. The van der Waals surface area contributed by atoms with Gasteiger partial charge in [0.25, 0.3) is 0 Å². The summed E-state index contributed by atoms with van der Waals surface area (Å²) in [6.07, 6.45) is 4.44. The van der Waals surface area contributed by atoms with E-state index in [1.165, 1.54) is 0 Å². The first-order valence-corrected chi connectivity index (χ1v) is 13.4. The third kappa shape index (κ3) is 3.63. The first-order valence-electron chi connectivity index (χ1n) is 13.4. The normalized spacial score (nSPS) is 17.7. The summed E-state index contributed by atoms with van der Waals surface area (Å²) in [6, 6.07) is 26.7. The van der Waals surface area contributed by atoms with E-state index in [2.05, 4.69) is 74.6 Å². The minimum absolute atomic E-state index is 0.0977. The molecular weight excluding hydrogens is 483 g/mol. The van der Waals surface area contributed by atoms with E-state index in [4.69, 9.17) is 14.3 Å². The number of fused-ring (bicyclic) bond motifs is 5. The van der Waals surface area contributed by atoms with Crippen LogP contribution in [0.4, 0.5) is 0 Å². The molecular formula is C33H29BN2O3. The molecule has 0 amide bonds. The summed E-state index contributed by atoms with van der Waals surface area (Å²) in [6.45, 7) is 8.26. The first-order chi connectivity index (χ1) is 18.7. The van der Waals surface area contributed by atoms with Crippen molar-refractivity contribution in [3.8, 4) is 22.3 Å². The molecule has 3 heterocycles. The third-order valence-electron chi connectivity index (χ3n) is 8.42. The van der Waals surface area contributed by atoms with Crippen LogP contribution >= 0.6 is 0 Å². The zero-order valence-electron chi connectivity index (χ0n) is 22.6. The summed E-state index contributed by atoms with van der Waals surface area (Å²) in [4.78, 5) is 18.5. The van der Waals surface area contributed by atoms with Crippen LogP contribution in [0.2, 0.25) is 0 Å². The summed E-state index contributed by atoms with van der Waals surface area (Å²) in [7, 11) is -0.434. The lowest BCUT2D eigenvalue weighted by Crippen LogP contribution is -2.41. The maximum absolute atomic E-state index is 13.4. The van der Waals surface area contributed by atoms with Gasteiger partial charge in [-0.2, -0.15) is 0 Å². The van der Waals surface area contributed by atoms with Crippen molar-refractivity contribution >= 4 is 41.1 Å². The van der Waals surface area contributed by atoms with E-state index in [0.29, 0.717) is 12.1 Å². The zero-order chi connectivity index (χ0) is 26.9. The van der Waals surface area contributed by atoms with Gasteiger partial charge in [0.1, 0.15) is 5.65 Å². The summed E-state index contributed by atoms with van der Waals surface area (Å²) in [5, 5.41) is 0. The van der Waals surface area contributed by atoms with Gasteiger partial charge >= 0.3 is 7.12 Å². The van der Waals surface area contributed by atoms with Crippen molar-refractivity contribution in [1.82, 2.24) is 9.38 Å². The molecule has 0 unspecified atom stereocenters. The molecule has 5 aromatic rings. The molecule has 0 atom stereocenters. The van der Waals surface area contributed by atoms with Crippen LogP contribution in [-0.2, 0) is 9.31 Å². The highest BCUT2D eigenvalue weighted by molar-refractivity contribution is 6.62. The molecule has 2 aliphatic rings. The van der Waals surface area contributed by atoms with Crippen molar-refractivity contribution in [3.05, 3.63) is 96.2 Å². The lowest BCUT2D eigenvalue weighted by atomic mass is 9.78. The number of hydrogen-bond donors (Lipinski definition) is 0. The summed E-state index contributed by atoms with van der Waals surface area (Å²) < 4.78 is 14.7. The highest BCUT2D eigenvalue weighted by atomic mass is 16.7. The van der Waals surface area contributed by atoms with Crippen molar-refractivity contribution in [3.63, 3.8) is 0 Å². The Bertz CT molecular complexity index is 1780. The number of carbonyl (C=O) groups excluding carboxylic acids is 1. The maximum atomic E-state index is 13.4. The predicted molar refractivity (Wildman–Crippen MR) is 157 cm³/mol. The molecule has 1 fully saturated rings. The predicted octanol–water partition coefficient (Wildman–Crippen LogP) is 6.72. The van der Waals surface area contributed by atoms with Gasteiger partial charge in [0, 0.05) is 23.1 Å². The van der Waals surface area contributed by atoms with Crippen LogP contribution < -0.4 is 5.46 Å². The second kappa shape index (κ2) is 8.50. The third-order valence-corrected chi connectivity index (χ3v) is 8.42. The first kappa shape index (κ1) is 24.1. The molecule has 3 aromatic carbocycles. The van der Waals surface area contributed by atoms with Gasteiger partial charge in [-0.05, 0) is 56.4 Å². The van der Waals surface area contributed by atoms with E-state index < -0.39 is 18.3 Å². The van der Waals surface area contributed by atoms with Crippen molar-refractivity contribution < 1.29 is 14.1 Å².